The molecule has 0 nitrogen and oxygen atoms in total. The Morgan fingerprint density at radius 1 is 1.43 bits per heavy atom. The van der Waals surface area contributed by atoms with E-state index >= 15 is 0 Å². The lowest BCUT2D eigenvalue weighted by atomic mass is 10.3. The summed E-state index contributed by atoms with van der Waals surface area (Å²) >= 11 is 11.5. The van der Waals surface area contributed by atoms with Crippen molar-refractivity contribution < 1.29 is 0 Å². The van der Waals surface area contributed by atoms with Gasteiger partial charge in [0, 0.05) is 20.5 Å². The smallest absolute Gasteiger partial charge is 0.0429 e. The minimum absolute atomic E-state index is 0.289. The van der Waals surface area contributed by atoms with Crippen molar-refractivity contribution in [3.8, 4) is 0 Å². The predicted octanol–water partition coefficient (Wildman–Crippen LogP) is 4.95. The molecule has 0 bridgehead atoms. The van der Waals surface area contributed by atoms with Crippen LogP contribution in [-0.4, -0.2) is 11.1 Å². The maximum absolute atomic E-state index is 6.15. The van der Waals surface area contributed by atoms with Gasteiger partial charge in [0.15, 0.2) is 0 Å². The van der Waals surface area contributed by atoms with E-state index in [0.29, 0.717) is 0 Å². The number of hydrogen-bond donors (Lipinski definition) is 0. The predicted molar refractivity (Wildman–Crippen MR) is 69.4 cm³/mol. The molecular weight excluding hydrogens is 280 g/mol. The lowest BCUT2D eigenvalue weighted by Gasteiger charge is -2.08. The van der Waals surface area contributed by atoms with Crippen LogP contribution in [0.4, 0.5) is 0 Å². The molecule has 1 rings (SSSR count). The second-order valence-corrected chi connectivity index (χ2v) is 5.66. The first-order valence-corrected chi connectivity index (χ1v) is 6.97. The monoisotopic (exact) mass is 292 g/mol. The number of hydrogen-bond acceptors (Lipinski definition) is 1. The minimum Gasteiger partial charge on any atom is -0.123 e. The molecule has 0 aliphatic carbocycles. The van der Waals surface area contributed by atoms with Crippen molar-refractivity contribution in [2.24, 2.45) is 0 Å². The third-order valence-corrected chi connectivity index (χ3v) is 4.60. The van der Waals surface area contributed by atoms with Crippen LogP contribution in [0.1, 0.15) is 19.8 Å². The first-order valence-electron chi connectivity index (χ1n) is 4.75. The van der Waals surface area contributed by atoms with Crippen LogP contribution >= 0.6 is 39.3 Å². The van der Waals surface area contributed by atoms with Crippen molar-refractivity contribution in [3.63, 3.8) is 0 Å². The highest BCUT2D eigenvalue weighted by atomic mass is 79.9. The topological polar surface area (TPSA) is 0 Å². The van der Waals surface area contributed by atoms with Gasteiger partial charge in [0.25, 0.3) is 0 Å². The summed E-state index contributed by atoms with van der Waals surface area (Å²) in [5.74, 6) is 0.984. The first-order chi connectivity index (χ1) is 6.74. The molecule has 78 valence electrons. The van der Waals surface area contributed by atoms with Gasteiger partial charge in [-0.2, -0.15) is 0 Å². The molecule has 0 radical (unpaired) electrons. The Bertz CT molecular complexity index is 278. The van der Waals surface area contributed by atoms with E-state index in [2.05, 4.69) is 41.1 Å². The van der Waals surface area contributed by atoms with Crippen molar-refractivity contribution in [2.75, 3.05) is 5.75 Å². The molecular formula is C11H14BrClS. The highest BCUT2D eigenvalue weighted by Crippen LogP contribution is 2.28. The van der Waals surface area contributed by atoms with Gasteiger partial charge in [0.05, 0.1) is 0 Å². The summed E-state index contributed by atoms with van der Waals surface area (Å²) in [6, 6.07) is 8.25. The summed E-state index contributed by atoms with van der Waals surface area (Å²) in [6.07, 6.45) is 2.25. The molecule has 1 aromatic carbocycles. The third-order valence-electron chi connectivity index (χ3n) is 1.86. The fourth-order valence-electron chi connectivity index (χ4n) is 1.14. The standard InChI is InChI=1S/C11H14BrClS/c1-2-5-9(13)8-14-11-7-4-3-6-10(11)12/h3-4,6-7,9H,2,5,8H2,1H3. The molecule has 3 heteroatoms. The largest absolute Gasteiger partial charge is 0.123 e. The summed E-state index contributed by atoms with van der Waals surface area (Å²) in [5.41, 5.74) is 0. The second-order valence-electron chi connectivity index (χ2n) is 3.13. The summed E-state index contributed by atoms with van der Waals surface area (Å²) in [7, 11) is 0. The molecule has 1 atom stereocenters. The van der Waals surface area contributed by atoms with Crippen molar-refractivity contribution in [1.29, 1.82) is 0 Å². The first kappa shape index (κ1) is 12.4. The molecule has 0 heterocycles. The Labute approximate surface area is 104 Å². The second kappa shape index (κ2) is 6.76. The van der Waals surface area contributed by atoms with Gasteiger partial charge in [-0.05, 0) is 34.5 Å². The molecule has 1 unspecified atom stereocenters. The maximum Gasteiger partial charge on any atom is 0.0429 e. The number of halogens is 2. The lowest BCUT2D eigenvalue weighted by molar-refractivity contribution is 0.786. The van der Waals surface area contributed by atoms with Gasteiger partial charge in [0.1, 0.15) is 0 Å². The Balaban J connectivity index is 2.41. The average Bonchev–Trinajstić information content (AvgIpc) is 2.17. The minimum atomic E-state index is 0.289. The molecule has 0 N–H and O–H groups in total. The highest BCUT2D eigenvalue weighted by Gasteiger charge is 2.05. The molecule has 0 aliphatic rings. The summed E-state index contributed by atoms with van der Waals surface area (Å²) in [5, 5.41) is 0.289. The van der Waals surface area contributed by atoms with Crippen LogP contribution in [0.5, 0.6) is 0 Å². The average molecular weight is 294 g/mol. The van der Waals surface area contributed by atoms with E-state index in [1.807, 2.05) is 17.8 Å². The highest BCUT2D eigenvalue weighted by molar-refractivity contribution is 9.10. The van der Waals surface area contributed by atoms with Crippen molar-refractivity contribution in [2.45, 2.75) is 30.0 Å². The van der Waals surface area contributed by atoms with E-state index in [-0.39, 0.29) is 5.38 Å². The number of thioether (sulfide) groups is 1. The molecule has 0 aliphatic heterocycles. The SMILES string of the molecule is CCCC(Cl)CSc1ccccc1Br. The molecule has 1 aromatic rings. The van der Waals surface area contributed by atoms with Gasteiger partial charge in [-0.25, -0.2) is 0 Å². The van der Waals surface area contributed by atoms with Crippen LogP contribution in [-0.2, 0) is 0 Å². The Morgan fingerprint density at radius 2 is 2.14 bits per heavy atom. The lowest BCUT2D eigenvalue weighted by Crippen LogP contribution is -2.00. The zero-order chi connectivity index (χ0) is 10.4. The quantitative estimate of drug-likeness (QED) is 0.547. The molecule has 14 heavy (non-hydrogen) atoms. The van der Waals surface area contributed by atoms with Crippen LogP contribution in [0.3, 0.4) is 0 Å². The zero-order valence-corrected chi connectivity index (χ0v) is 11.3. The van der Waals surface area contributed by atoms with E-state index in [9.17, 15) is 0 Å². The fraction of sp³-hybridized carbons (Fsp3) is 0.455. The van der Waals surface area contributed by atoms with Gasteiger partial charge in [0.2, 0.25) is 0 Å². The molecule has 0 saturated carbocycles. The number of rotatable bonds is 5. The fourth-order valence-corrected chi connectivity index (χ4v) is 3.08. The normalized spacial score (nSPS) is 12.8. The van der Waals surface area contributed by atoms with Crippen molar-refractivity contribution in [3.05, 3.63) is 28.7 Å². The van der Waals surface area contributed by atoms with E-state index in [1.54, 1.807) is 0 Å². The van der Waals surface area contributed by atoms with Crippen LogP contribution in [0.25, 0.3) is 0 Å². The van der Waals surface area contributed by atoms with E-state index in [0.717, 1.165) is 23.1 Å². The summed E-state index contributed by atoms with van der Waals surface area (Å²) in [6.45, 7) is 2.17. The van der Waals surface area contributed by atoms with Gasteiger partial charge < -0.3 is 0 Å². The molecule has 0 amide bonds. The van der Waals surface area contributed by atoms with Crippen LogP contribution in [0, 0.1) is 0 Å². The Hall–Kier alpha value is 0.340. The Kier molecular flexibility index (Phi) is 5.99. The maximum atomic E-state index is 6.15. The third kappa shape index (κ3) is 4.24. The van der Waals surface area contributed by atoms with Gasteiger partial charge >= 0.3 is 0 Å². The van der Waals surface area contributed by atoms with Crippen LogP contribution in [0.2, 0.25) is 0 Å². The van der Waals surface area contributed by atoms with Gasteiger partial charge in [-0.3, -0.25) is 0 Å². The number of alkyl halides is 1. The van der Waals surface area contributed by atoms with E-state index in [1.165, 1.54) is 4.90 Å². The van der Waals surface area contributed by atoms with Crippen LogP contribution in [0.15, 0.2) is 33.6 Å². The van der Waals surface area contributed by atoms with E-state index in [4.69, 9.17) is 11.6 Å². The van der Waals surface area contributed by atoms with Gasteiger partial charge in [-0.15, -0.1) is 23.4 Å². The van der Waals surface area contributed by atoms with Gasteiger partial charge in [-0.1, -0.05) is 25.5 Å². The number of benzene rings is 1. The van der Waals surface area contributed by atoms with E-state index < -0.39 is 0 Å². The van der Waals surface area contributed by atoms with Crippen LogP contribution < -0.4 is 0 Å². The molecule has 0 aromatic heterocycles. The molecule has 0 spiro atoms. The summed E-state index contributed by atoms with van der Waals surface area (Å²) in [4.78, 5) is 1.27. The Morgan fingerprint density at radius 3 is 2.79 bits per heavy atom. The molecule has 0 fully saturated rings. The van der Waals surface area contributed by atoms with Crippen molar-refractivity contribution in [1.82, 2.24) is 0 Å². The zero-order valence-electron chi connectivity index (χ0n) is 8.17. The van der Waals surface area contributed by atoms with Crippen molar-refractivity contribution >= 4 is 39.3 Å². The summed E-state index contributed by atoms with van der Waals surface area (Å²) < 4.78 is 1.16. The molecule has 0 saturated heterocycles.